The first-order chi connectivity index (χ1) is 11.3. The van der Waals surface area contributed by atoms with Gasteiger partial charge in [-0.05, 0) is 36.8 Å². The monoisotopic (exact) mass is 343 g/mol. The number of amides is 1. The molecule has 0 aromatic heterocycles. The molecule has 0 saturated carbocycles. The quantitative estimate of drug-likeness (QED) is 0.892. The smallest absolute Gasteiger partial charge is 0.416 e. The van der Waals surface area contributed by atoms with Gasteiger partial charge in [-0.1, -0.05) is 18.2 Å². The zero-order valence-electron chi connectivity index (χ0n) is 13.2. The molecule has 1 fully saturated rings. The van der Waals surface area contributed by atoms with Crippen molar-refractivity contribution in [3.8, 4) is 0 Å². The third-order valence-electron chi connectivity index (χ3n) is 4.25. The zero-order valence-corrected chi connectivity index (χ0v) is 13.2. The van der Waals surface area contributed by atoms with E-state index < -0.39 is 17.7 Å². The fourth-order valence-electron chi connectivity index (χ4n) is 3.00. The molecule has 1 amide bonds. The van der Waals surface area contributed by atoms with E-state index in [4.69, 9.17) is 5.11 Å². The maximum Gasteiger partial charge on any atom is 0.416 e. The summed E-state index contributed by atoms with van der Waals surface area (Å²) in [5.74, 6) is -0.933. The van der Waals surface area contributed by atoms with E-state index in [1.165, 1.54) is 12.1 Å². The van der Waals surface area contributed by atoms with Gasteiger partial charge in [0, 0.05) is 19.5 Å². The van der Waals surface area contributed by atoms with Crippen LogP contribution < -0.4 is 0 Å². The molecule has 1 saturated heterocycles. The lowest BCUT2D eigenvalue weighted by Gasteiger charge is -2.32. The van der Waals surface area contributed by atoms with Gasteiger partial charge in [0.15, 0.2) is 0 Å². The van der Waals surface area contributed by atoms with Crippen molar-refractivity contribution in [3.05, 3.63) is 35.4 Å². The fourth-order valence-corrected chi connectivity index (χ4v) is 3.00. The number of carbonyl (C=O) groups excluding carboxylic acids is 1. The van der Waals surface area contributed by atoms with Crippen LogP contribution in [0.5, 0.6) is 0 Å². The molecule has 1 N–H and O–H groups in total. The molecule has 24 heavy (non-hydrogen) atoms. The molecule has 7 heteroatoms. The molecule has 1 heterocycles. The van der Waals surface area contributed by atoms with Crippen LogP contribution in [0.25, 0.3) is 0 Å². The van der Waals surface area contributed by atoms with E-state index in [0.717, 1.165) is 25.0 Å². The molecule has 1 atom stereocenters. The number of carboxylic acid groups (broad SMARTS) is 1. The fraction of sp³-hybridized carbons (Fsp3) is 0.529. The summed E-state index contributed by atoms with van der Waals surface area (Å²) in [6, 6.07) is 4.80. The average molecular weight is 343 g/mol. The van der Waals surface area contributed by atoms with Crippen LogP contribution >= 0.6 is 0 Å². The van der Waals surface area contributed by atoms with Crippen LogP contribution in [-0.2, 0) is 22.2 Å². The summed E-state index contributed by atoms with van der Waals surface area (Å²) in [4.78, 5) is 24.6. The predicted molar refractivity (Wildman–Crippen MR) is 81.3 cm³/mol. The van der Waals surface area contributed by atoms with Crippen molar-refractivity contribution in [3.63, 3.8) is 0 Å². The minimum Gasteiger partial charge on any atom is -0.481 e. The van der Waals surface area contributed by atoms with Crippen LogP contribution in [0.4, 0.5) is 13.2 Å². The normalized spacial score (nSPS) is 18.5. The maximum atomic E-state index is 12.7. The summed E-state index contributed by atoms with van der Waals surface area (Å²) in [5.41, 5.74) is -0.423. The first kappa shape index (κ1) is 18.3. The van der Waals surface area contributed by atoms with Gasteiger partial charge in [-0.3, -0.25) is 9.59 Å². The molecule has 0 aliphatic carbocycles. The molecule has 4 nitrogen and oxygen atoms in total. The average Bonchev–Trinajstić information content (AvgIpc) is 2.52. The summed E-state index contributed by atoms with van der Waals surface area (Å²) in [6.07, 6.45) is -2.25. The Morgan fingerprint density at radius 3 is 2.71 bits per heavy atom. The Balaban J connectivity index is 1.95. The summed E-state index contributed by atoms with van der Waals surface area (Å²) in [6.45, 7) is 1.05. The molecule has 1 aromatic carbocycles. The molecule has 0 radical (unpaired) electrons. The second-order valence-electron chi connectivity index (χ2n) is 6.16. The highest BCUT2D eigenvalue weighted by Gasteiger charge is 2.31. The Labute approximate surface area is 138 Å². The van der Waals surface area contributed by atoms with Crippen LogP contribution in [0.1, 0.15) is 36.8 Å². The van der Waals surface area contributed by atoms with Gasteiger partial charge in [-0.15, -0.1) is 0 Å². The first-order valence-corrected chi connectivity index (χ1v) is 7.91. The summed E-state index contributed by atoms with van der Waals surface area (Å²) in [7, 11) is 0. The highest BCUT2D eigenvalue weighted by molar-refractivity contribution is 5.79. The molecule has 1 aliphatic heterocycles. The molecular formula is C17H20F3NO3. The van der Waals surface area contributed by atoms with Crippen molar-refractivity contribution in [1.82, 2.24) is 4.90 Å². The van der Waals surface area contributed by atoms with Crippen molar-refractivity contribution in [2.45, 2.75) is 38.3 Å². The summed E-state index contributed by atoms with van der Waals surface area (Å²) in [5, 5.41) is 8.73. The molecule has 0 spiro atoms. The van der Waals surface area contributed by atoms with Crippen LogP contribution in [0.15, 0.2) is 24.3 Å². The second kappa shape index (κ2) is 7.68. The first-order valence-electron chi connectivity index (χ1n) is 7.91. The van der Waals surface area contributed by atoms with Gasteiger partial charge in [-0.25, -0.2) is 0 Å². The van der Waals surface area contributed by atoms with Gasteiger partial charge in [0.2, 0.25) is 5.91 Å². The molecule has 1 unspecified atom stereocenters. The standard InChI is InChI=1S/C17H20F3NO3/c18-17(19,20)14-5-1-3-13(9-14)10-15(22)21-8-2-4-12(11-21)6-7-16(23)24/h1,3,5,9,12H,2,4,6-8,10-11H2,(H,23,24). The number of alkyl halides is 3. The van der Waals surface area contributed by atoms with Crippen LogP contribution in [0.2, 0.25) is 0 Å². The third-order valence-corrected chi connectivity index (χ3v) is 4.25. The number of piperidine rings is 1. The number of carboxylic acids is 1. The van der Waals surface area contributed by atoms with Crippen molar-refractivity contribution in [2.75, 3.05) is 13.1 Å². The Morgan fingerprint density at radius 1 is 1.29 bits per heavy atom. The van der Waals surface area contributed by atoms with E-state index in [1.54, 1.807) is 4.90 Å². The van der Waals surface area contributed by atoms with Crippen molar-refractivity contribution >= 4 is 11.9 Å². The number of rotatable bonds is 5. The Hall–Kier alpha value is -2.05. The van der Waals surface area contributed by atoms with Crippen molar-refractivity contribution in [2.24, 2.45) is 5.92 Å². The van der Waals surface area contributed by atoms with E-state index in [0.29, 0.717) is 25.1 Å². The van der Waals surface area contributed by atoms with E-state index in [9.17, 15) is 22.8 Å². The number of halogens is 3. The van der Waals surface area contributed by atoms with E-state index >= 15 is 0 Å². The molecule has 1 aliphatic rings. The number of nitrogens with zero attached hydrogens (tertiary/aromatic N) is 1. The SMILES string of the molecule is O=C(O)CCC1CCCN(C(=O)Cc2cccc(C(F)(F)F)c2)C1. The Kier molecular flexibility index (Phi) is 5.85. The Morgan fingerprint density at radius 2 is 2.04 bits per heavy atom. The lowest BCUT2D eigenvalue weighted by Crippen LogP contribution is -2.40. The maximum absolute atomic E-state index is 12.7. The number of carbonyl (C=O) groups is 2. The molecule has 132 valence electrons. The zero-order chi connectivity index (χ0) is 17.7. The van der Waals surface area contributed by atoms with Crippen molar-refractivity contribution < 1.29 is 27.9 Å². The highest BCUT2D eigenvalue weighted by Crippen LogP contribution is 2.30. The number of hydrogen-bond acceptors (Lipinski definition) is 2. The Bertz CT molecular complexity index is 601. The lowest BCUT2D eigenvalue weighted by molar-refractivity contribution is -0.138. The largest absolute Gasteiger partial charge is 0.481 e. The number of hydrogen-bond donors (Lipinski definition) is 1. The topological polar surface area (TPSA) is 57.6 Å². The van der Waals surface area contributed by atoms with Crippen LogP contribution in [-0.4, -0.2) is 35.0 Å². The third kappa shape index (κ3) is 5.25. The van der Waals surface area contributed by atoms with Gasteiger partial charge in [-0.2, -0.15) is 13.2 Å². The minimum atomic E-state index is -4.42. The van der Waals surface area contributed by atoms with E-state index in [-0.39, 0.29) is 24.7 Å². The predicted octanol–water partition coefficient (Wildman–Crippen LogP) is 3.35. The number of benzene rings is 1. The van der Waals surface area contributed by atoms with Crippen LogP contribution in [0, 0.1) is 5.92 Å². The number of likely N-dealkylation sites (tertiary alicyclic amines) is 1. The highest BCUT2D eigenvalue weighted by atomic mass is 19.4. The second-order valence-corrected chi connectivity index (χ2v) is 6.16. The van der Waals surface area contributed by atoms with Gasteiger partial charge >= 0.3 is 12.1 Å². The lowest BCUT2D eigenvalue weighted by atomic mass is 9.93. The van der Waals surface area contributed by atoms with Gasteiger partial charge in [0.1, 0.15) is 0 Å². The van der Waals surface area contributed by atoms with Gasteiger partial charge in [0.05, 0.1) is 12.0 Å². The molecular weight excluding hydrogens is 323 g/mol. The molecule has 0 bridgehead atoms. The molecule has 1 aromatic rings. The number of aliphatic carboxylic acids is 1. The van der Waals surface area contributed by atoms with Crippen molar-refractivity contribution in [1.29, 1.82) is 0 Å². The van der Waals surface area contributed by atoms with E-state index in [2.05, 4.69) is 0 Å². The van der Waals surface area contributed by atoms with E-state index in [1.807, 2.05) is 0 Å². The summed E-state index contributed by atoms with van der Waals surface area (Å²) >= 11 is 0. The minimum absolute atomic E-state index is 0.0698. The molecule has 2 rings (SSSR count). The van der Waals surface area contributed by atoms with Crippen LogP contribution in [0.3, 0.4) is 0 Å². The van der Waals surface area contributed by atoms with Gasteiger partial charge < -0.3 is 10.0 Å². The van der Waals surface area contributed by atoms with Gasteiger partial charge in [0.25, 0.3) is 0 Å². The summed E-state index contributed by atoms with van der Waals surface area (Å²) < 4.78 is 38.2.